The fourth-order valence-corrected chi connectivity index (χ4v) is 2.22. The van der Waals surface area contributed by atoms with Crippen LogP contribution in [0, 0.1) is 5.82 Å². The zero-order chi connectivity index (χ0) is 15.6. The molecule has 0 aliphatic carbocycles. The Morgan fingerprint density at radius 1 is 1.48 bits per heavy atom. The molecule has 2 amide bonds. The Bertz CT molecular complexity index is 596. The van der Waals surface area contributed by atoms with Crippen LogP contribution in [0.2, 0.25) is 0 Å². The number of hydrogen-bond acceptors (Lipinski definition) is 2. The van der Waals surface area contributed by atoms with E-state index in [0.717, 1.165) is 5.56 Å². The van der Waals surface area contributed by atoms with Gasteiger partial charge in [-0.3, -0.25) is 9.59 Å². The second-order valence-electron chi connectivity index (χ2n) is 5.55. The number of allylic oxidation sites excluding steroid dienone is 1. The zero-order valence-corrected chi connectivity index (χ0v) is 12.2. The highest BCUT2D eigenvalue weighted by molar-refractivity contribution is 5.98. The van der Waals surface area contributed by atoms with Crippen molar-refractivity contribution in [2.45, 2.75) is 38.6 Å². The van der Waals surface area contributed by atoms with E-state index >= 15 is 0 Å². The van der Waals surface area contributed by atoms with E-state index in [-0.39, 0.29) is 17.4 Å². The molecule has 1 aromatic rings. The highest BCUT2D eigenvalue weighted by Gasteiger charge is 2.26. The molecule has 4 nitrogen and oxygen atoms in total. The van der Waals surface area contributed by atoms with Crippen molar-refractivity contribution in [3.05, 3.63) is 47.4 Å². The first kappa shape index (κ1) is 15.2. The molecule has 1 aromatic carbocycles. The van der Waals surface area contributed by atoms with E-state index in [4.69, 9.17) is 0 Å². The lowest BCUT2D eigenvalue weighted by Gasteiger charge is -2.24. The Morgan fingerprint density at radius 3 is 2.76 bits per heavy atom. The third kappa shape index (κ3) is 3.48. The molecule has 1 aliphatic heterocycles. The van der Waals surface area contributed by atoms with Gasteiger partial charge in [-0.15, -0.1) is 0 Å². The van der Waals surface area contributed by atoms with Crippen molar-refractivity contribution < 1.29 is 14.0 Å². The standard InChI is InChI=1S/C16H19FN2O2/c1-9(2)11-5-6-12(13(17)8-11)15(20)19-14-7-4-10(3)18-16(14)21/h5-6,8-9,14H,3-4,7H2,1-2H3,(H,18,21)(H,19,20). The third-order valence-corrected chi connectivity index (χ3v) is 3.56. The fraction of sp³-hybridized carbons (Fsp3) is 0.375. The van der Waals surface area contributed by atoms with Gasteiger partial charge in [0.1, 0.15) is 11.9 Å². The molecule has 21 heavy (non-hydrogen) atoms. The minimum Gasteiger partial charge on any atom is -0.340 e. The summed E-state index contributed by atoms with van der Waals surface area (Å²) in [4.78, 5) is 23.8. The van der Waals surface area contributed by atoms with E-state index in [1.807, 2.05) is 13.8 Å². The van der Waals surface area contributed by atoms with Gasteiger partial charge in [0.25, 0.3) is 5.91 Å². The van der Waals surface area contributed by atoms with E-state index in [2.05, 4.69) is 17.2 Å². The van der Waals surface area contributed by atoms with Crippen LogP contribution in [0.1, 0.15) is 48.5 Å². The van der Waals surface area contributed by atoms with Gasteiger partial charge in [0.05, 0.1) is 5.56 Å². The van der Waals surface area contributed by atoms with Crippen molar-refractivity contribution in [3.8, 4) is 0 Å². The monoisotopic (exact) mass is 290 g/mol. The molecule has 2 N–H and O–H groups in total. The lowest BCUT2D eigenvalue weighted by Crippen LogP contribution is -2.49. The van der Waals surface area contributed by atoms with Crippen LogP contribution in [0.4, 0.5) is 4.39 Å². The van der Waals surface area contributed by atoms with Crippen molar-refractivity contribution in [2.75, 3.05) is 0 Å². The predicted molar refractivity (Wildman–Crippen MR) is 78.3 cm³/mol. The first-order valence-electron chi connectivity index (χ1n) is 6.97. The molecule has 1 fully saturated rings. The molecule has 0 bridgehead atoms. The number of carbonyl (C=O) groups excluding carboxylic acids is 2. The van der Waals surface area contributed by atoms with Gasteiger partial charge >= 0.3 is 0 Å². The Morgan fingerprint density at radius 2 is 2.19 bits per heavy atom. The minimum absolute atomic E-state index is 0.0448. The van der Waals surface area contributed by atoms with Crippen LogP contribution in [0.5, 0.6) is 0 Å². The van der Waals surface area contributed by atoms with Gasteiger partial charge in [-0.05, 0) is 36.5 Å². The van der Waals surface area contributed by atoms with E-state index in [0.29, 0.717) is 18.5 Å². The second-order valence-corrected chi connectivity index (χ2v) is 5.55. The average Bonchev–Trinajstić information content (AvgIpc) is 2.41. The summed E-state index contributed by atoms with van der Waals surface area (Å²) in [6.45, 7) is 7.58. The molecular formula is C16H19FN2O2. The Labute approximate surface area is 123 Å². The van der Waals surface area contributed by atoms with E-state index in [1.54, 1.807) is 6.07 Å². The molecule has 1 atom stereocenters. The highest BCUT2D eigenvalue weighted by atomic mass is 19.1. The smallest absolute Gasteiger partial charge is 0.254 e. The maximum Gasteiger partial charge on any atom is 0.254 e. The summed E-state index contributed by atoms with van der Waals surface area (Å²) in [5, 5.41) is 5.15. The van der Waals surface area contributed by atoms with Crippen molar-refractivity contribution in [2.24, 2.45) is 0 Å². The quantitative estimate of drug-likeness (QED) is 0.898. The summed E-state index contributed by atoms with van der Waals surface area (Å²) < 4.78 is 14.0. The van der Waals surface area contributed by atoms with Crippen LogP contribution in [0.15, 0.2) is 30.5 Å². The zero-order valence-electron chi connectivity index (χ0n) is 12.2. The van der Waals surface area contributed by atoms with Gasteiger partial charge < -0.3 is 10.6 Å². The van der Waals surface area contributed by atoms with Gasteiger partial charge in [0.15, 0.2) is 0 Å². The molecule has 0 saturated carbocycles. The number of amides is 2. The maximum absolute atomic E-state index is 14.0. The number of carbonyl (C=O) groups is 2. The molecule has 112 valence electrons. The average molecular weight is 290 g/mol. The van der Waals surface area contributed by atoms with Gasteiger partial charge in [-0.2, -0.15) is 0 Å². The lowest BCUT2D eigenvalue weighted by molar-refractivity contribution is -0.123. The van der Waals surface area contributed by atoms with Crippen molar-refractivity contribution in [3.63, 3.8) is 0 Å². The number of benzene rings is 1. The van der Waals surface area contributed by atoms with Gasteiger partial charge in [-0.25, -0.2) is 4.39 Å². The Hall–Kier alpha value is -2.17. The van der Waals surface area contributed by atoms with Crippen LogP contribution >= 0.6 is 0 Å². The fourth-order valence-electron chi connectivity index (χ4n) is 2.22. The van der Waals surface area contributed by atoms with Crippen molar-refractivity contribution in [1.29, 1.82) is 0 Å². The molecule has 5 heteroatoms. The Balaban J connectivity index is 2.10. The number of piperidine rings is 1. The van der Waals surface area contributed by atoms with Gasteiger partial charge in [-0.1, -0.05) is 26.5 Å². The van der Waals surface area contributed by atoms with E-state index in [1.165, 1.54) is 12.1 Å². The van der Waals surface area contributed by atoms with Crippen LogP contribution in [0.25, 0.3) is 0 Å². The molecule has 1 saturated heterocycles. The molecule has 0 radical (unpaired) electrons. The van der Waals surface area contributed by atoms with Crippen LogP contribution < -0.4 is 10.6 Å². The SMILES string of the molecule is C=C1CCC(NC(=O)c2ccc(C(C)C)cc2F)C(=O)N1. The summed E-state index contributed by atoms with van der Waals surface area (Å²) in [7, 11) is 0. The second kappa shape index (κ2) is 6.08. The van der Waals surface area contributed by atoms with Crippen LogP contribution in [-0.2, 0) is 4.79 Å². The predicted octanol–water partition coefficient (Wildman–Crippen LogP) is 2.47. The van der Waals surface area contributed by atoms with Gasteiger partial charge in [0, 0.05) is 5.70 Å². The highest BCUT2D eigenvalue weighted by Crippen LogP contribution is 2.18. The molecule has 0 aromatic heterocycles. The third-order valence-electron chi connectivity index (χ3n) is 3.56. The topological polar surface area (TPSA) is 58.2 Å². The van der Waals surface area contributed by atoms with Crippen LogP contribution in [-0.4, -0.2) is 17.9 Å². The number of halogens is 1. The summed E-state index contributed by atoms with van der Waals surface area (Å²) in [6, 6.07) is 3.90. The van der Waals surface area contributed by atoms with Crippen molar-refractivity contribution >= 4 is 11.8 Å². The molecule has 1 aliphatic rings. The largest absolute Gasteiger partial charge is 0.340 e. The first-order chi connectivity index (χ1) is 9.88. The summed E-state index contributed by atoms with van der Waals surface area (Å²) in [5.41, 5.74) is 1.42. The summed E-state index contributed by atoms with van der Waals surface area (Å²) in [5.74, 6) is -1.26. The van der Waals surface area contributed by atoms with E-state index in [9.17, 15) is 14.0 Å². The van der Waals surface area contributed by atoms with Crippen molar-refractivity contribution in [1.82, 2.24) is 10.6 Å². The molecule has 2 rings (SSSR count). The normalized spacial score (nSPS) is 18.6. The first-order valence-corrected chi connectivity index (χ1v) is 6.97. The van der Waals surface area contributed by atoms with Gasteiger partial charge in [0.2, 0.25) is 5.91 Å². The van der Waals surface area contributed by atoms with E-state index < -0.39 is 17.8 Å². The minimum atomic E-state index is -0.646. The Kier molecular flexibility index (Phi) is 4.40. The number of nitrogens with one attached hydrogen (secondary N) is 2. The van der Waals surface area contributed by atoms with Crippen LogP contribution in [0.3, 0.4) is 0 Å². The molecule has 1 unspecified atom stereocenters. The molecule has 0 spiro atoms. The number of hydrogen-bond donors (Lipinski definition) is 2. The maximum atomic E-state index is 14.0. The molecular weight excluding hydrogens is 271 g/mol. The summed E-state index contributed by atoms with van der Waals surface area (Å²) in [6.07, 6.45) is 1.08. The number of rotatable bonds is 3. The summed E-state index contributed by atoms with van der Waals surface area (Å²) >= 11 is 0. The lowest BCUT2D eigenvalue weighted by atomic mass is 10.0. The molecule has 1 heterocycles.